The van der Waals surface area contributed by atoms with Crippen molar-refractivity contribution in [3.63, 3.8) is 0 Å². The van der Waals surface area contributed by atoms with Gasteiger partial charge in [-0.05, 0) is 57.2 Å². The predicted molar refractivity (Wildman–Crippen MR) is 78.9 cm³/mol. The predicted octanol–water partition coefficient (Wildman–Crippen LogP) is 3.42. The molecular weight excluding hydrogens is 220 g/mol. The highest BCUT2D eigenvalue weighted by atomic mass is 15.2. The zero-order chi connectivity index (χ0) is 12.8. The number of nitrogens with one attached hydrogen (secondary N) is 1. The maximum absolute atomic E-state index is 3.61. The van der Waals surface area contributed by atoms with Gasteiger partial charge in [-0.1, -0.05) is 33.1 Å². The van der Waals surface area contributed by atoms with Crippen LogP contribution in [0.4, 0.5) is 0 Å². The molecule has 1 atom stereocenters. The molecule has 2 heteroatoms. The molecule has 0 radical (unpaired) electrons. The van der Waals surface area contributed by atoms with E-state index in [1.54, 1.807) is 0 Å². The van der Waals surface area contributed by atoms with Crippen LogP contribution in [-0.4, -0.2) is 37.1 Å². The fourth-order valence-corrected chi connectivity index (χ4v) is 3.95. The van der Waals surface area contributed by atoms with Gasteiger partial charge < -0.3 is 10.2 Å². The molecule has 1 unspecified atom stereocenters. The van der Waals surface area contributed by atoms with Gasteiger partial charge in [-0.25, -0.2) is 0 Å². The number of hydrogen-bond donors (Lipinski definition) is 1. The third-order valence-corrected chi connectivity index (χ3v) is 5.30. The molecule has 0 aromatic carbocycles. The highest BCUT2D eigenvalue weighted by Gasteiger charge is 2.35. The van der Waals surface area contributed by atoms with E-state index in [2.05, 4.69) is 24.1 Å². The zero-order valence-corrected chi connectivity index (χ0v) is 12.5. The van der Waals surface area contributed by atoms with E-state index in [0.29, 0.717) is 6.04 Å². The van der Waals surface area contributed by atoms with Crippen molar-refractivity contribution < 1.29 is 0 Å². The summed E-state index contributed by atoms with van der Waals surface area (Å²) in [6.07, 6.45) is 11.7. The number of likely N-dealkylation sites (N-methyl/N-ethyl adjacent to an activating group) is 1. The summed E-state index contributed by atoms with van der Waals surface area (Å²) in [6, 6.07) is 0.704. The van der Waals surface area contributed by atoms with Gasteiger partial charge in [0.15, 0.2) is 0 Å². The Labute approximate surface area is 114 Å². The number of piperidine rings is 1. The van der Waals surface area contributed by atoms with E-state index in [1.165, 1.54) is 71.0 Å². The summed E-state index contributed by atoms with van der Waals surface area (Å²) in [5, 5.41) is 3.61. The molecule has 1 heterocycles. The van der Waals surface area contributed by atoms with Crippen molar-refractivity contribution in [2.45, 2.75) is 71.3 Å². The Morgan fingerprint density at radius 1 is 1.00 bits per heavy atom. The summed E-state index contributed by atoms with van der Waals surface area (Å²) < 4.78 is 0. The Kier molecular flexibility index (Phi) is 5.50. The molecule has 0 aromatic rings. The van der Waals surface area contributed by atoms with E-state index in [4.69, 9.17) is 0 Å². The summed E-state index contributed by atoms with van der Waals surface area (Å²) in [4.78, 5) is 2.71. The van der Waals surface area contributed by atoms with Gasteiger partial charge in [0.1, 0.15) is 0 Å². The minimum Gasteiger partial charge on any atom is -0.313 e. The molecule has 2 nitrogen and oxygen atoms in total. The Bertz CT molecular complexity index is 223. The molecule has 0 bridgehead atoms. The maximum Gasteiger partial charge on any atom is 0.0192 e. The maximum atomic E-state index is 3.61. The third kappa shape index (κ3) is 3.71. The zero-order valence-electron chi connectivity index (χ0n) is 12.5. The van der Waals surface area contributed by atoms with Gasteiger partial charge in [-0.15, -0.1) is 0 Å². The Hall–Kier alpha value is -0.0800. The molecule has 1 saturated carbocycles. The molecule has 1 aliphatic carbocycles. The first kappa shape index (κ1) is 14.3. The summed E-state index contributed by atoms with van der Waals surface area (Å²) in [5.41, 5.74) is 0.759. The van der Waals surface area contributed by atoms with Crippen LogP contribution in [0.1, 0.15) is 65.2 Å². The van der Waals surface area contributed by atoms with Crippen molar-refractivity contribution in [1.82, 2.24) is 10.2 Å². The van der Waals surface area contributed by atoms with Crippen molar-refractivity contribution in [3.8, 4) is 0 Å². The SMILES string of the molecule is CCNC(CC)CN1CCC2(CCCCC2)CC1. The summed E-state index contributed by atoms with van der Waals surface area (Å²) >= 11 is 0. The normalized spacial score (nSPS) is 26.3. The van der Waals surface area contributed by atoms with Crippen LogP contribution in [0.3, 0.4) is 0 Å². The standard InChI is InChI=1S/C16H32N2/c1-3-15(17-4-2)14-18-12-10-16(11-13-18)8-6-5-7-9-16/h15,17H,3-14H2,1-2H3. The lowest BCUT2D eigenvalue weighted by Crippen LogP contribution is -2.46. The van der Waals surface area contributed by atoms with E-state index in [1.807, 2.05) is 0 Å². The summed E-state index contributed by atoms with van der Waals surface area (Å²) in [7, 11) is 0. The molecular formula is C16H32N2. The van der Waals surface area contributed by atoms with Crippen molar-refractivity contribution in [2.75, 3.05) is 26.2 Å². The highest BCUT2D eigenvalue weighted by Crippen LogP contribution is 2.44. The third-order valence-electron chi connectivity index (χ3n) is 5.30. The molecule has 106 valence electrons. The Morgan fingerprint density at radius 3 is 2.22 bits per heavy atom. The summed E-state index contributed by atoms with van der Waals surface area (Å²) in [6.45, 7) is 9.59. The number of hydrogen-bond acceptors (Lipinski definition) is 2. The lowest BCUT2D eigenvalue weighted by atomic mass is 9.68. The topological polar surface area (TPSA) is 15.3 Å². The second kappa shape index (κ2) is 6.91. The molecule has 18 heavy (non-hydrogen) atoms. The van der Waals surface area contributed by atoms with Crippen molar-refractivity contribution in [1.29, 1.82) is 0 Å². The molecule has 1 saturated heterocycles. The number of likely N-dealkylation sites (tertiary alicyclic amines) is 1. The average molecular weight is 252 g/mol. The Balaban J connectivity index is 1.75. The van der Waals surface area contributed by atoms with Crippen LogP contribution in [-0.2, 0) is 0 Å². The quantitative estimate of drug-likeness (QED) is 0.806. The van der Waals surface area contributed by atoms with Gasteiger partial charge in [0, 0.05) is 12.6 Å². The summed E-state index contributed by atoms with van der Waals surface area (Å²) in [5.74, 6) is 0. The van der Waals surface area contributed by atoms with Crippen LogP contribution in [0.25, 0.3) is 0 Å². The van der Waals surface area contributed by atoms with E-state index >= 15 is 0 Å². The van der Waals surface area contributed by atoms with Crippen LogP contribution in [0.5, 0.6) is 0 Å². The van der Waals surface area contributed by atoms with Gasteiger partial charge in [-0.2, -0.15) is 0 Å². The first-order valence-electron chi connectivity index (χ1n) is 8.24. The monoisotopic (exact) mass is 252 g/mol. The van der Waals surface area contributed by atoms with Crippen molar-refractivity contribution in [3.05, 3.63) is 0 Å². The Morgan fingerprint density at radius 2 is 1.67 bits per heavy atom. The molecule has 2 fully saturated rings. The van der Waals surface area contributed by atoms with E-state index < -0.39 is 0 Å². The number of nitrogens with zero attached hydrogens (tertiary/aromatic N) is 1. The highest BCUT2D eigenvalue weighted by molar-refractivity contribution is 4.89. The first-order valence-corrected chi connectivity index (χ1v) is 8.24. The van der Waals surface area contributed by atoms with Crippen molar-refractivity contribution >= 4 is 0 Å². The second-order valence-corrected chi connectivity index (χ2v) is 6.52. The van der Waals surface area contributed by atoms with Crippen molar-refractivity contribution in [2.24, 2.45) is 5.41 Å². The van der Waals surface area contributed by atoms with Crippen LogP contribution in [0, 0.1) is 5.41 Å². The van der Waals surface area contributed by atoms with Crippen LogP contribution >= 0.6 is 0 Å². The smallest absolute Gasteiger partial charge is 0.0192 e. The molecule has 2 aliphatic rings. The van der Waals surface area contributed by atoms with E-state index in [-0.39, 0.29) is 0 Å². The van der Waals surface area contributed by atoms with E-state index in [0.717, 1.165) is 12.0 Å². The largest absolute Gasteiger partial charge is 0.313 e. The fraction of sp³-hybridized carbons (Fsp3) is 1.00. The first-order chi connectivity index (χ1) is 8.78. The van der Waals surface area contributed by atoms with Gasteiger partial charge in [-0.3, -0.25) is 0 Å². The van der Waals surface area contributed by atoms with Gasteiger partial charge in [0.05, 0.1) is 0 Å². The molecule has 1 spiro atoms. The van der Waals surface area contributed by atoms with Crippen LogP contribution < -0.4 is 5.32 Å². The minimum absolute atomic E-state index is 0.704. The van der Waals surface area contributed by atoms with Gasteiger partial charge >= 0.3 is 0 Å². The van der Waals surface area contributed by atoms with Gasteiger partial charge in [0.2, 0.25) is 0 Å². The van der Waals surface area contributed by atoms with Crippen LogP contribution in [0.15, 0.2) is 0 Å². The van der Waals surface area contributed by atoms with Crippen LogP contribution in [0.2, 0.25) is 0 Å². The minimum atomic E-state index is 0.704. The number of rotatable bonds is 5. The molecule has 1 N–H and O–H groups in total. The molecule has 2 rings (SSSR count). The molecule has 1 aliphatic heterocycles. The molecule has 0 aromatic heterocycles. The lowest BCUT2D eigenvalue weighted by Gasteiger charge is -2.45. The lowest BCUT2D eigenvalue weighted by molar-refractivity contribution is 0.0627. The van der Waals surface area contributed by atoms with E-state index in [9.17, 15) is 0 Å². The molecule has 0 amide bonds. The van der Waals surface area contributed by atoms with Gasteiger partial charge in [0.25, 0.3) is 0 Å². The fourth-order valence-electron chi connectivity index (χ4n) is 3.95. The average Bonchev–Trinajstić information content (AvgIpc) is 2.42. The second-order valence-electron chi connectivity index (χ2n) is 6.52.